The minimum Gasteiger partial charge on any atom is -0.372 e. The number of hydrogen-bond acceptors (Lipinski definition) is 4. The van der Waals surface area contributed by atoms with Gasteiger partial charge in [0.1, 0.15) is 0 Å². The van der Waals surface area contributed by atoms with Crippen molar-refractivity contribution in [1.29, 1.82) is 0 Å². The highest BCUT2D eigenvalue weighted by atomic mass is 35.5. The molecule has 1 fully saturated rings. The Hall–Kier alpha value is -3.07. The molecule has 5 nitrogen and oxygen atoms in total. The average molecular weight is 476 g/mol. The van der Waals surface area contributed by atoms with E-state index in [1.165, 1.54) is 5.57 Å². The first-order chi connectivity index (χ1) is 16.5. The summed E-state index contributed by atoms with van der Waals surface area (Å²) >= 11 is 6.01. The lowest BCUT2D eigenvalue weighted by molar-refractivity contribution is -0.00523. The summed E-state index contributed by atoms with van der Waals surface area (Å²) in [6, 6.07) is 13.2. The number of aliphatic imine (C=N–C) groups is 1. The maximum atomic E-state index is 12.8. The number of nitrogens with one attached hydrogen (secondary N) is 1. The Morgan fingerprint density at radius 2 is 1.91 bits per heavy atom. The zero-order valence-corrected chi connectivity index (χ0v) is 20.4. The molecule has 2 aliphatic rings. The quantitative estimate of drug-likeness (QED) is 0.479. The number of benzene rings is 2. The third-order valence-electron chi connectivity index (χ3n) is 5.85. The van der Waals surface area contributed by atoms with Gasteiger partial charge in [-0.1, -0.05) is 29.5 Å². The second kappa shape index (κ2) is 11.4. The topological polar surface area (TPSA) is 53.9 Å². The van der Waals surface area contributed by atoms with Crippen LogP contribution in [0.2, 0.25) is 5.02 Å². The molecule has 0 bridgehead atoms. The first-order valence-electron chi connectivity index (χ1n) is 11.8. The highest BCUT2D eigenvalue weighted by Crippen LogP contribution is 2.25. The Kier molecular flexibility index (Phi) is 8.05. The standard InChI is InChI=1S/C28H30ClN3O2/c1-20-18-32(19-21(2)34-20)27-12-9-25(28(33)31-14-3-4-23-13-15-30-17-23)16-24(27)8-5-22-6-10-26(29)11-7-22/h6-7,9-13,16-17,20-21H,3-4,14-15,18-19H2,1-2H3,(H,31,33)/t20-,21+. The molecule has 2 aliphatic heterocycles. The summed E-state index contributed by atoms with van der Waals surface area (Å²) in [6.07, 6.45) is 6.11. The van der Waals surface area contributed by atoms with Gasteiger partial charge in [0.2, 0.25) is 0 Å². The fourth-order valence-corrected chi connectivity index (χ4v) is 4.38. The van der Waals surface area contributed by atoms with E-state index in [4.69, 9.17) is 16.3 Å². The summed E-state index contributed by atoms with van der Waals surface area (Å²) in [5.41, 5.74) is 4.58. The van der Waals surface area contributed by atoms with Gasteiger partial charge in [0.25, 0.3) is 5.91 Å². The molecule has 2 atom stereocenters. The van der Waals surface area contributed by atoms with Gasteiger partial charge < -0.3 is 15.0 Å². The lowest BCUT2D eigenvalue weighted by Crippen LogP contribution is -2.45. The van der Waals surface area contributed by atoms with E-state index >= 15 is 0 Å². The van der Waals surface area contributed by atoms with Crippen LogP contribution in [0.5, 0.6) is 0 Å². The maximum absolute atomic E-state index is 12.8. The number of morpholine rings is 1. The Morgan fingerprint density at radius 3 is 2.62 bits per heavy atom. The van der Waals surface area contributed by atoms with Crippen LogP contribution in [0.15, 0.2) is 59.1 Å². The number of halogens is 1. The number of nitrogens with zero attached hydrogens (tertiary/aromatic N) is 2. The molecule has 2 heterocycles. The van der Waals surface area contributed by atoms with Crippen molar-refractivity contribution < 1.29 is 9.53 Å². The van der Waals surface area contributed by atoms with Crippen LogP contribution in [0.4, 0.5) is 5.69 Å². The van der Waals surface area contributed by atoms with Gasteiger partial charge in [-0.05, 0) is 74.7 Å². The Bertz CT molecular complexity index is 1130. The van der Waals surface area contributed by atoms with E-state index in [1.807, 2.05) is 48.7 Å². The second-order valence-electron chi connectivity index (χ2n) is 8.78. The fraction of sp³-hybridized carbons (Fsp3) is 0.357. The van der Waals surface area contributed by atoms with Crippen LogP contribution < -0.4 is 10.2 Å². The number of carbonyl (C=O) groups is 1. The first kappa shape index (κ1) is 24.1. The van der Waals surface area contributed by atoms with Gasteiger partial charge in [-0.3, -0.25) is 9.79 Å². The molecule has 0 aliphatic carbocycles. The van der Waals surface area contributed by atoms with E-state index in [1.54, 1.807) is 0 Å². The van der Waals surface area contributed by atoms with Gasteiger partial charge in [0.05, 0.1) is 24.4 Å². The first-order valence-corrected chi connectivity index (χ1v) is 12.1. The molecule has 176 valence electrons. The minimum atomic E-state index is -0.0844. The zero-order valence-electron chi connectivity index (χ0n) is 19.7. The summed E-state index contributed by atoms with van der Waals surface area (Å²) in [7, 11) is 0. The lowest BCUT2D eigenvalue weighted by atomic mass is 10.0. The molecular formula is C28H30ClN3O2. The van der Waals surface area contributed by atoms with E-state index in [0.717, 1.165) is 49.3 Å². The summed E-state index contributed by atoms with van der Waals surface area (Å²) < 4.78 is 5.91. The smallest absolute Gasteiger partial charge is 0.251 e. The van der Waals surface area contributed by atoms with E-state index < -0.39 is 0 Å². The molecule has 2 aromatic carbocycles. The summed E-state index contributed by atoms with van der Waals surface area (Å²) in [5, 5.41) is 3.71. The van der Waals surface area contributed by atoms with Gasteiger partial charge in [0, 0.05) is 47.6 Å². The van der Waals surface area contributed by atoms with Gasteiger partial charge >= 0.3 is 0 Å². The van der Waals surface area contributed by atoms with Crippen LogP contribution in [0.1, 0.15) is 48.2 Å². The Morgan fingerprint density at radius 1 is 1.15 bits per heavy atom. The fourth-order valence-electron chi connectivity index (χ4n) is 4.26. The zero-order chi connectivity index (χ0) is 23.9. The van der Waals surface area contributed by atoms with Crippen LogP contribution in [-0.2, 0) is 4.74 Å². The van der Waals surface area contributed by atoms with Gasteiger partial charge in [0.15, 0.2) is 0 Å². The molecular weight excluding hydrogens is 446 g/mol. The predicted octanol–water partition coefficient (Wildman–Crippen LogP) is 4.87. The molecule has 2 aromatic rings. The van der Waals surface area contributed by atoms with Gasteiger partial charge in [-0.2, -0.15) is 0 Å². The largest absolute Gasteiger partial charge is 0.372 e. The number of anilines is 1. The van der Waals surface area contributed by atoms with Crippen molar-refractivity contribution in [2.24, 2.45) is 4.99 Å². The second-order valence-corrected chi connectivity index (χ2v) is 9.22. The summed E-state index contributed by atoms with van der Waals surface area (Å²) in [6.45, 7) is 7.12. The monoisotopic (exact) mass is 475 g/mol. The van der Waals surface area contributed by atoms with Crippen molar-refractivity contribution in [2.75, 3.05) is 31.1 Å². The van der Waals surface area contributed by atoms with Crippen LogP contribution in [0, 0.1) is 11.8 Å². The number of carbonyl (C=O) groups excluding carboxylic acids is 1. The van der Waals surface area contributed by atoms with Crippen molar-refractivity contribution in [2.45, 2.75) is 38.9 Å². The van der Waals surface area contributed by atoms with Crippen molar-refractivity contribution >= 4 is 29.4 Å². The van der Waals surface area contributed by atoms with Crippen molar-refractivity contribution in [3.63, 3.8) is 0 Å². The lowest BCUT2D eigenvalue weighted by Gasteiger charge is -2.37. The van der Waals surface area contributed by atoms with E-state index in [2.05, 4.69) is 47.0 Å². The van der Waals surface area contributed by atoms with E-state index in [9.17, 15) is 4.79 Å². The highest BCUT2D eigenvalue weighted by molar-refractivity contribution is 6.30. The van der Waals surface area contributed by atoms with Gasteiger partial charge in [-0.25, -0.2) is 0 Å². The number of allylic oxidation sites excluding steroid dienone is 1. The minimum absolute atomic E-state index is 0.0844. The molecule has 0 unspecified atom stereocenters. The third-order valence-corrected chi connectivity index (χ3v) is 6.10. The van der Waals surface area contributed by atoms with Crippen LogP contribution in [0.3, 0.4) is 0 Å². The van der Waals surface area contributed by atoms with Crippen LogP contribution in [0.25, 0.3) is 0 Å². The Balaban J connectivity index is 1.52. The molecule has 0 spiro atoms. The molecule has 1 N–H and O–H groups in total. The molecule has 4 rings (SSSR count). The molecule has 1 amide bonds. The van der Waals surface area contributed by atoms with Crippen molar-refractivity contribution in [3.8, 4) is 11.8 Å². The maximum Gasteiger partial charge on any atom is 0.251 e. The van der Waals surface area contributed by atoms with Crippen molar-refractivity contribution in [1.82, 2.24) is 5.32 Å². The molecule has 0 aromatic heterocycles. The number of ether oxygens (including phenoxy) is 1. The molecule has 0 saturated carbocycles. The van der Waals surface area contributed by atoms with Crippen LogP contribution in [-0.4, -0.2) is 50.5 Å². The van der Waals surface area contributed by atoms with Gasteiger partial charge in [-0.15, -0.1) is 0 Å². The van der Waals surface area contributed by atoms with E-state index in [-0.39, 0.29) is 18.1 Å². The van der Waals surface area contributed by atoms with E-state index in [0.29, 0.717) is 17.1 Å². The molecule has 6 heteroatoms. The highest BCUT2D eigenvalue weighted by Gasteiger charge is 2.24. The molecule has 1 saturated heterocycles. The Labute approximate surface area is 206 Å². The van der Waals surface area contributed by atoms with Crippen molar-refractivity contribution in [3.05, 3.63) is 75.8 Å². The average Bonchev–Trinajstić information content (AvgIpc) is 3.34. The normalized spacial score (nSPS) is 19.4. The molecule has 0 radical (unpaired) electrons. The SMILES string of the molecule is C[C@@H]1CN(c2ccc(C(=O)NCCCC3=CCN=C3)cc2C#Cc2ccc(Cl)cc2)C[C@H](C)O1. The third kappa shape index (κ3) is 6.50. The predicted molar refractivity (Wildman–Crippen MR) is 139 cm³/mol. The number of hydrogen-bond donors (Lipinski definition) is 1. The summed E-state index contributed by atoms with van der Waals surface area (Å²) in [5.74, 6) is 6.44. The summed E-state index contributed by atoms with van der Waals surface area (Å²) in [4.78, 5) is 19.3. The van der Waals surface area contributed by atoms with Crippen LogP contribution >= 0.6 is 11.6 Å². The number of amides is 1. The molecule has 34 heavy (non-hydrogen) atoms. The number of rotatable bonds is 6.